The zero-order chi connectivity index (χ0) is 18.1. The van der Waals surface area contributed by atoms with Crippen molar-refractivity contribution < 1.29 is 19.6 Å². The lowest BCUT2D eigenvalue weighted by Gasteiger charge is -2.13. The number of rotatable bonds is 3. The van der Waals surface area contributed by atoms with Crippen molar-refractivity contribution in [2.24, 2.45) is 0 Å². The zero-order valence-electron chi connectivity index (χ0n) is 13.2. The Bertz CT molecular complexity index is 915. The quantitative estimate of drug-likeness (QED) is 0.294. The van der Waals surface area contributed by atoms with E-state index < -0.39 is 22.7 Å². The number of Topliss-reactive ketones (excluding diaryl/α,β-unsaturated/α-hetero) is 1. The van der Waals surface area contributed by atoms with Gasteiger partial charge in [0.1, 0.15) is 5.76 Å². The number of hydrogen-bond donors (Lipinski definition) is 2. The monoisotopic (exact) mass is 338 g/mol. The number of nitrogens with one attached hydrogen (secondary N) is 1. The predicted octanol–water partition coefficient (Wildman–Crippen LogP) is 2.61. The molecule has 0 spiro atoms. The van der Waals surface area contributed by atoms with Gasteiger partial charge in [-0.2, -0.15) is 0 Å². The van der Waals surface area contributed by atoms with Gasteiger partial charge in [-0.05, 0) is 12.5 Å². The summed E-state index contributed by atoms with van der Waals surface area (Å²) in [4.78, 5) is 34.5. The van der Waals surface area contributed by atoms with Gasteiger partial charge < -0.3 is 10.4 Å². The van der Waals surface area contributed by atoms with Gasteiger partial charge in [0.15, 0.2) is 0 Å². The Kier molecular flexibility index (Phi) is 4.06. The molecule has 1 atom stereocenters. The summed E-state index contributed by atoms with van der Waals surface area (Å²) in [5, 5.41) is 24.0. The fraction of sp³-hybridized carbons (Fsp3) is 0.111. The van der Waals surface area contributed by atoms with Gasteiger partial charge in [0.05, 0.1) is 16.5 Å². The third kappa shape index (κ3) is 2.99. The number of carbonyl (C=O) groups excluding carboxylic acids is 2. The largest absolute Gasteiger partial charge is 0.507 e. The van der Waals surface area contributed by atoms with Crippen LogP contribution in [0.5, 0.6) is 0 Å². The van der Waals surface area contributed by atoms with E-state index in [0.717, 1.165) is 5.56 Å². The Morgan fingerprint density at radius 1 is 1.16 bits per heavy atom. The zero-order valence-corrected chi connectivity index (χ0v) is 13.2. The van der Waals surface area contributed by atoms with Crippen LogP contribution in [-0.2, 0) is 9.59 Å². The molecule has 7 heteroatoms. The number of nitro groups is 1. The first-order valence-electron chi connectivity index (χ1n) is 7.48. The normalized spacial score (nSPS) is 18.8. The number of aliphatic hydroxyl groups is 1. The Labute approximate surface area is 142 Å². The maximum absolute atomic E-state index is 12.2. The minimum absolute atomic E-state index is 0.116. The molecule has 126 valence electrons. The number of benzene rings is 2. The van der Waals surface area contributed by atoms with Gasteiger partial charge in [0.25, 0.3) is 17.4 Å². The van der Waals surface area contributed by atoms with Crippen LogP contribution in [0.2, 0.25) is 0 Å². The molecule has 3 rings (SSSR count). The number of aryl methyl sites for hydroxylation is 1. The van der Waals surface area contributed by atoms with E-state index in [-0.39, 0.29) is 17.0 Å². The maximum atomic E-state index is 12.2. The van der Waals surface area contributed by atoms with Crippen LogP contribution in [-0.4, -0.2) is 21.7 Å². The predicted molar refractivity (Wildman–Crippen MR) is 89.7 cm³/mol. The van der Waals surface area contributed by atoms with Gasteiger partial charge in [-0.3, -0.25) is 19.7 Å². The van der Waals surface area contributed by atoms with Gasteiger partial charge in [0, 0.05) is 17.7 Å². The lowest BCUT2D eigenvalue weighted by atomic mass is 9.95. The summed E-state index contributed by atoms with van der Waals surface area (Å²) in [5.74, 6) is -2.03. The molecule has 1 aliphatic rings. The van der Waals surface area contributed by atoms with Crippen LogP contribution in [0.4, 0.5) is 5.69 Å². The van der Waals surface area contributed by atoms with E-state index in [2.05, 4.69) is 5.32 Å². The lowest BCUT2D eigenvalue weighted by Crippen LogP contribution is -2.21. The van der Waals surface area contributed by atoms with Crippen molar-refractivity contribution in [2.45, 2.75) is 13.0 Å². The molecule has 0 aliphatic carbocycles. The van der Waals surface area contributed by atoms with Crippen molar-refractivity contribution in [3.8, 4) is 0 Å². The van der Waals surface area contributed by atoms with Crippen LogP contribution in [0.15, 0.2) is 54.1 Å². The first-order valence-corrected chi connectivity index (χ1v) is 7.48. The van der Waals surface area contributed by atoms with E-state index in [9.17, 15) is 24.8 Å². The Hall–Kier alpha value is -3.48. The van der Waals surface area contributed by atoms with Crippen LogP contribution in [0.3, 0.4) is 0 Å². The van der Waals surface area contributed by atoms with Crippen molar-refractivity contribution in [3.05, 3.63) is 80.9 Å². The molecule has 2 aromatic rings. The molecule has 2 aromatic carbocycles. The minimum atomic E-state index is -0.943. The molecule has 0 saturated carbocycles. The molecular weight excluding hydrogens is 324 g/mol. The minimum Gasteiger partial charge on any atom is -0.507 e. The van der Waals surface area contributed by atoms with Crippen molar-refractivity contribution >= 4 is 23.1 Å². The van der Waals surface area contributed by atoms with Crippen LogP contribution in [0.1, 0.15) is 22.7 Å². The van der Waals surface area contributed by atoms with Crippen LogP contribution in [0.25, 0.3) is 5.76 Å². The van der Waals surface area contributed by atoms with Gasteiger partial charge in [-0.15, -0.1) is 0 Å². The highest BCUT2D eigenvalue weighted by atomic mass is 16.6. The smallest absolute Gasteiger partial charge is 0.293 e. The number of carbonyl (C=O) groups is 2. The third-order valence-corrected chi connectivity index (χ3v) is 4.01. The van der Waals surface area contributed by atoms with Gasteiger partial charge in [-0.1, -0.05) is 42.0 Å². The molecule has 0 aromatic heterocycles. The summed E-state index contributed by atoms with van der Waals surface area (Å²) >= 11 is 0. The summed E-state index contributed by atoms with van der Waals surface area (Å²) in [6.45, 7) is 1.88. The number of nitrogens with zero attached hydrogens (tertiary/aromatic N) is 1. The second-order valence-electron chi connectivity index (χ2n) is 5.72. The SMILES string of the molecule is Cc1ccc(C(O)=C2C(=O)C(=O)N[C@H]2c2cccc([N+](=O)[O-])c2)cc1. The molecule has 1 heterocycles. The number of amides is 1. The first kappa shape index (κ1) is 16.4. The molecule has 0 unspecified atom stereocenters. The van der Waals surface area contributed by atoms with E-state index in [1.807, 2.05) is 6.92 Å². The second-order valence-corrected chi connectivity index (χ2v) is 5.72. The van der Waals surface area contributed by atoms with Crippen molar-refractivity contribution in [1.82, 2.24) is 5.32 Å². The summed E-state index contributed by atoms with van der Waals surface area (Å²) in [6.07, 6.45) is 0. The summed E-state index contributed by atoms with van der Waals surface area (Å²) in [6, 6.07) is 11.5. The van der Waals surface area contributed by atoms with E-state index in [1.165, 1.54) is 18.2 Å². The molecule has 7 nitrogen and oxygen atoms in total. The molecule has 1 aliphatic heterocycles. The average Bonchev–Trinajstić information content (AvgIpc) is 2.90. The van der Waals surface area contributed by atoms with E-state index in [1.54, 1.807) is 30.3 Å². The summed E-state index contributed by atoms with van der Waals surface area (Å²) in [5.41, 5.74) is 1.43. The highest BCUT2D eigenvalue weighted by Crippen LogP contribution is 2.34. The van der Waals surface area contributed by atoms with E-state index in [0.29, 0.717) is 11.1 Å². The fourth-order valence-corrected chi connectivity index (χ4v) is 2.70. The standard InChI is InChI=1S/C18H14N2O5/c1-10-5-7-11(8-6-10)16(21)14-15(19-18(23)17(14)22)12-3-2-4-13(9-12)20(24)25/h2-9,15,21H,1H3,(H,19,23)/t15-/m0/s1. The van der Waals surface area contributed by atoms with Crippen molar-refractivity contribution in [1.29, 1.82) is 0 Å². The number of nitro benzene ring substituents is 1. The molecule has 25 heavy (non-hydrogen) atoms. The Balaban J connectivity index is 2.12. The highest BCUT2D eigenvalue weighted by Gasteiger charge is 2.39. The van der Waals surface area contributed by atoms with Crippen LogP contribution >= 0.6 is 0 Å². The number of ketones is 1. The maximum Gasteiger partial charge on any atom is 0.293 e. The van der Waals surface area contributed by atoms with Gasteiger partial charge >= 0.3 is 0 Å². The van der Waals surface area contributed by atoms with E-state index in [4.69, 9.17) is 0 Å². The van der Waals surface area contributed by atoms with Gasteiger partial charge in [0.2, 0.25) is 0 Å². The topological polar surface area (TPSA) is 110 Å². The Morgan fingerprint density at radius 3 is 2.48 bits per heavy atom. The molecule has 0 radical (unpaired) electrons. The molecule has 1 fully saturated rings. The van der Waals surface area contributed by atoms with Crippen LogP contribution in [0, 0.1) is 17.0 Å². The molecule has 0 bridgehead atoms. The molecule has 1 amide bonds. The third-order valence-electron chi connectivity index (χ3n) is 4.01. The van der Waals surface area contributed by atoms with Gasteiger partial charge in [-0.25, -0.2) is 0 Å². The fourth-order valence-electron chi connectivity index (χ4n) is 2.70. The lowest BCUT2D eigenvalue weighted by molar-refractivity contribution is -0.384. The summed E-state index contributed by atoms with van der Waals surface area (Å²) in [7, 11) is 0. The van der Waals surface area contributed by atoms with Crippen molar-refractivity contribution in [2.75, 3.05) is 0 Å². The van der Waals surface area contributed by atoms with Crippen LogP contribution < -0.4 is 5.32 Å². The van der Waals surface area contributed by atoms with Crippen molar-refractivity contribution in [3.63, 3.8) is 0 Å². The first-order chi connectivity index (χ1) is 11.9. The summed E-state index contributed by atoms with van der Waals surface area (Å²) < 4.78 is 0. The molecular formula is C18H14N2O5. The number of non-ortho nitro benzene ring substituents is 1. The highest BCUT2D eigenvalue weighted by molar-refractivity contribution is 6.46. The number of hydrogen-bond acceptors (Lipinski definition) is 5. The molecule has 2 N–H and O–H groups in total. The Morgan fingerprint density at radius 2 is 1.84 bits per heavy atom. The molecule has 1 saturated heterocycles. The average molecular weight is 338 g/mol. The second kappa shape index (κ2) is 6.20. The van der Waals surface area contributed by atoms with E-state index >= 15 is 0 Å². The number of aliphatic hydroxyl groups excluding tert-OH is 1.